The van der Waals surface area contributed by atoms with Crippen molar-refractivity contribution in [2.45, 2.75) is 25.5 Å². The van der Waals surface area contributed by atoms with Gasteiger partial charge in [0.05, 0.1) is 18.8 Å². The third-order valence-electron chi connectivity index (χ3n) is 3.58. The van der Waals surface area contributed by atoms with E-state index in [2.05, 4.69) is 20.5 Å². The molecule has 0 saturated carbocycles. The van der Waals surface area contributed by atoms with E-state index < -0.39 is 0 Å². The summed E-state index contributed by atoms with van der Waals surface area (Å²) in [6, 6.07) is 0. The zero-order valence-electron chi connectivity index (χ0n) is 11.4. The normalized spacial score (nSPS) is 23.0. The summed E-state index contributed by atoms with van der Waals surface area (Å²) in [7, 11) is 0. The number of aromatic nitrogens is 1. The maximum atomic E-state index is 11.9. The zero-order chi connectivity index (χ0) is 13.8. The largest absolute Gasteiger partial charge is 0.366 e. The number of hydrogen-bond donors (Lipinski definition) is 2. The van der Waals surface area contributed by atoms with E-state index in [-0.39, 0.29) is 12.0 Å². The van der Waals surface area contributed by atoms with Crippen molar-refractivity contribution in [2.24, 2.45) is 0 Å². The SMILES string of the molecule is O=C(NCc1csc(N2CCCC2)n1)[C@H]1CNCCO1. The Kier molecular flexibility index (Phi) is 4.49. The number of carbonyl (C=O) groups excluding carboxylic acids is 1. The van der Waals surface area contributed by atoms with Crippen molar-refractivity contribution in [3.8, 4) is 0 Å². The van der Waals surface area contributed by atoms with E-state index in [0.29, 0.717) is 19.7 Å². The molecule has 0 aromatic carbocycles. The quantitative estimate of drug-likeness (QED) is 0.839. The smallest absolute Gasteiger partial charge is 0.250 e. The standard InChI is InChI=1S/C13H20N4O2S/c18-12(11-8-14-3-6-19-11)15-7-10-9-20-13(16-10)17-4-1-2-5-17/h9,11,14H,1-8H2,(H,15,18)/t11-/m1/s1. The molecular formula is C13H20N4O2S. The van der Waals surface area contributed by atoms with Crippen molar-refractivity contribution in [2.75, 3.05) is 37.7 Å². The Morgan fingerprint density at radius 1 is 1.55 bits per heavy atom. The third-order valence-corrected chi connectivity index (χ3v) is 4.53. The molecule has 3 heterocycles. The average Bonchev–Trinajstić information content (AvgIpc) is 3.16. The molecule has 6 nitrogen and oxygen atoms in total. The molecule has 0 radical (unpaired) electrons. The van der Waals surface area contributed by atoms with Gasteiger partial charge in [-0.1, -0.05) is 0 Å². The highest BCUT2D eigenvalue weighted by Gasteiger charge is 2.21. The van der Waals surface area contributed by atoms with Crippen LogP contribution in [0.4, 0.5) is 5.13 Å². The van der Waals surface area contributed by atoms with Gasteiger partial charge < -0.3 is 20.3 Å². The molecule has 0 unspecified atom stereocenters. The molecule has 0 aliphatic carbocycles. The van der Waals surface area contributed by atoms with Gasteiger partial charge in [0, 0.05) is 31.6 Å². The molecule has 110 valence electrons. The number of anilines is 1. The van der Waals surface area contributed by atoms with Gasteiger partial charge in [-0.05, 0) is 12.8 Å². The van der Waals surface area contributed by atoms with E-state index in [1.165, 1.54) is 12.8 Å². The Morgan fingerprint density at radius 2 is 2.40 bits per heavy atom. The van der Waals surface area contributed by atoms with E-state index in [1.807, 2.05) is 5.38 Å². The lowest BCUT2D eigenvalue weighted by Gasteiger charge is -2.22. The first kappa shape index (κ1) is 13.8. The molecular weight excluding hydrogens is 276 g/mol. The van der Waals surface area contributed by atoms with Crippen LogP contribution in [0.2, 0.25) is 0 Å². The van der Waals surface area contributed by atoms with Gasteiger partial charge in [0.15, 0.2) is 5.13 Å². The maximum absolute atomic E-state index is 11.9. The highest BCUT2D eigenvalue weighted by molar-refractivity contribution is 7.13. The molecule has 2 aliphatic rings. The van der Waals surface area contributed by atoms with Crippen molar-refractivity contribution in [3.63, 3.8) is 0 Å². The van der Waals surface area contributed by atoms with Crippen LogP contribution in [0, 0.1) is 0 Å². The second kappa shape index (κ2) is 6.51. The summed E-state index contributed by atoms with van der Waals surface area (Å²) in [5.74, 6) is -0.0621. The lowest BCUT2D eigenvalue weighted by Crippen LogP contribution is -2.47. The van der Waals surface area contributed by atoms with Crippen LogP contribution in [0.3, 0.4) is 0 Å². The van der Waals surface area contributed by atoms with E-state index in [9.17, 15) is 4.79 Å². The predicted octanol–water partition coefficient (Wildman–Crippen LogP) is 0.348. The van der Waals surface area contributed by atoms with Crippen LogP contribution >= 0.6 is 11.3 Å². The van der Waals surface area contributed by atoms with E-state index in [0.717, 1.165) is 30.5 Å². The fourth-order valence-corrected chi connectivity index (χ4v) is 3.34. The second-order valence-corrected chi connectivity index (χ2v) is 5.93. The molecule has 2 aliphatic heterocycles. The number of nitrogens with zero attached hydrogens (tertiary/aromatic N) is 2. The summed E-state index contributed by atoms with van der Waals surface area (Å²) in [5, 5.41) is 9.14. The van der Waals surface area contributed by atoms with E-state index in [4.69, 9.17) is 4.74 Å². The summed E-state index contributed by atoms with van der Waals surface area (Å²) in [5.41, 5.74) is 0.925. The molecule has 1 atom stereocenters. The number of nitrogens with one attached hydrogen (secondary N) is 2. The molecule has 20 heavy (non-hydrogen) atoms. The summed E-state index contributed by atoms with van der Waals surface area (Å²) in [4.78, 5) is 18.8. The molecule has 2 saturated heterocycles. The fraction of sp³-hybridized carbons (Fsp3) is 0.692. The van der Waals surface area contributed by atoms with Crippen LogP contribution in [0.1, 0.15) is 18.5 Å². The average molecular weight is 296 g/mol. The van der Waals surface area contributed by atoms with Gasteiger partial charge in [0.2, 0.25) is 0 Å². The van der Waals surface area contributed by atoms with Crippen LogP contribution < -0.4 is 15.5 Å². The molecule has 1 aromatic heterocycles. The summed E-state index contributed by atoms with van der Waals surface area (Å²) >= 11 is 1.65. The zero-order valence-corrected chi connectivity index (χ0v) is 12.2. The minimum atomic E-state index is -0.375. The number of thiazole rings is 1. The Labute approximate surface area is 122 Å². The first-order valence-corrected chi connectivity index (χ1v) is 8.00. The van der Waals surface area contributed by atoms with Gasteiger partial charge in [-0.3, -0.25) is 4.79 Å². The Balaban J connectivity index is 1.49. The molecule has 2 N–H and O–H groups in total. The molecule has 2 fully saturated rings. The molecule has 3 rings (SSSR count). The summed E-state index contributed by atoms with van der Waals surface area (Å²) in [6.07, 6.45) is 2.12. The fourth-order valence-electron chi connectivity index (χ4n) is 2.46. The van der Waals surface area contributed by atoms with Crippen LogP contribution in [-0.4, -0.2) is 49.8 Å². The summed E-state index contributed by atoms with van der Waals surface area (Å²) in [6.45, 7) is 4.66. The monoisotopic (exact) mass is 296 g/mol. The van der Waals surface area contributed by atoms with Crippen LogP contribution in [0.5, 0.6) is 0 Å². The lowest BCUT2D eigenvalue weighted by atomic mass is 10.3. The van der Waals surface area contributed by atoms with Crippen LogP contribution in [-0.2, 0) is 16.1 Å². The van der Waals surface area contributed by atoms with Gasteiger partial charge >= 0.3 is 0 Å². The van der Waals surface area contributed by atoms with E-state index in [1.54, 1.807) is 11.3 Å². The Bertz CT molecular complexity index is 453. The molecule has 0 bridgehead atoms. The van der Waals surface area contributed by atoms with Gasteiger partial charge in [-0.25, -0.2) is 4.98 Å². The molecule has 1 amide bonds. The first-order chi connectivity index (χ1) is 9.83. The van der Waals surface area contributed by atoms with Crippen molar-refractivity contribution >= 4 is 22.4 Å². The number of hydrogen-bond acceptors (Lipinski definition) is 6. The van der Waals surface area contributed by atoms with Crippen LogP contribution in [0.15, 0.2) is 5.38 Å². The van der Waals surface area contributed by atoms with Crippen LogP contribution in [0.25, 0.3) is 0 Å². The highest BCUT2D eigenvalue weighted by Crippen LogP contribution is 2.24. The molecule has 1 aromatic rings. The third kappa shape index (κ3) is 3.28. The van der Waals surface area contributed by atoms with E-state index >= 15 is 0 Å². The second-order valence-electron chi connectivity index (χ2n) is 5.10. The minimum Gasteiger partial charge on any atom is -0.366 e. The highest BCUT2D eigenvalue weighted by atomic mass is 32.1. The van der Waals surface area contributed by atoms with Gasteiger partial charge in [-0.2, -0.15) is 0 Å². The van der Waals surface area contributed by atoms with Gasteiger partial charge in [-0.15, -0.1) is 11.3 Å². The number of ether oxygens (including phenoxy) is 1. The Hall–Kier alpha value is -1.18. The molecule has 7 heteroatoms. The molecule has 0 spiro atoms. The van der Waals surface area contributed by atoms with Gasteiger partial charge in [0.25, 0.3) is 5.91 Å². The van der Waals surface area contributed by atoms with Crippen molar-refractivity contribution in [3.05, 3.63) is 11.1 Å². The predicted molar refractivity (Wildman–Crippen MR) is 78.0 cm³/mol. The number of rotatable bonds is 4. The number of carbonyl (C=O) groups is 1. The van der Waals surface area contributed by atoms with Crippen molar-refractivity contribution in [1.29, 1.82) is 0 Å². The van der Waals surface area contributed by atoms with Crippen molar-refractivity contribution in [1.82, 2.24) is 15.6 Å². The minimum absolute atomic E-state index is 0.0621. The van der Waals surface area contributed by atoms with Crippen molar-refractivity contribution < 1.29 is 9.53 Å². The number of amides is 1. The Morgan fingerprint density at radius 3 is 3.15 bits per heavy atom. The first-order valence-electron chi connectivity index (χ1n) is 7.12. The lowest BCUT2D eigenvalue weighted by molar-refractivity contribution is -0.134. The topological polar surface area (TPSA) is 66.5 Å². The maximum Gasteiger partial charge on any atom is 0.250 e. The number of morpholine rings is 1. The summed E-state index contributed by atoms with van der Waals surface area (Å²) < 4.78 is 5.41. The van der Waals surface area contributed by atoms with Gasteiger partial charge in [0.1, 0.15) is 6.10 Å².